The van der Waals surface area contributed by atoms with Crippen molar-refractivity contribution in [1.82, 2.24) is 10.6 Å². The maximum atomic E-state index is 5.75. The van der Waals surface area contributed by atoms with E-state index >= 15 is 0 Å². The number of rotatable bonds is 2. The van der Waals surface area contributed by atoms with E-state index in [9.17, 15) is 0 Å². The molecule has 1 heterocycles. The van der Waals surface area contributed by atoms with Gasteiger partial charge in [-0.25, -0.2) is 0 Å². The fraction of sp³-hybridized carbons (Fsp3) is 0.400. The third-order valence-corrected chi connectivity index (χ3v) is 2.62. The van der Waals surface area contributed by atoms with Crippen molar-refractivity contribution < 1.29 is 4.42 Å². The first-order chi connectivity index (χ1) is 8.98. The number of fused-ring (bicyclic) bond motifs is 1. The number of aliphatic imine (C=N–C) groups is 1. The highest BCUT2D eigenvalue weighted by Crippen LogP contribution is 2.18. The van der Waals surface area contributed by atoms with Gasteiger partial charge in [0.1, 0.15) is 11.3 Å². The van der Waals surface area contributed by atoms with Gasteiger partial charge in [-0.05, 0) is 32.9 Å². The molecule has 19 heavy (non-hydrogen) atoms. The van der Waals surface area contributed by atoms with Crippen LogP contribution in [-0.2, 0) is 6.54 Å². The zero-order valence-corrected chi connectivity index (χ0v) is 11.9. The van der Waals surface area contributed by atoms with Crippen molar-refractivity contribution in [3.8, 4) is 0 Å². The third-order valence-electron chi connectivity index (χ3n) is 2.62. The molecule has 2 aromatic rings. The molecule has 0 saturated carbocycles. The Bertz CT molecular complexity index is 545. The van der Waals surface area contributed by atoms with Crippen LogP contribution in [0.2, 0.25) is 0 Å². The summed E-state index contributed by atoms with van der Waals surface area (Å²) in [5, 5.41) is 7.68. The molecular weight excluding hydrogens is 238 g/mol. The number of hydrogen-bond donors (Lipinski definition) is 2. The quantitative estimate of drug-likeness (QED) is 0.644. The van der Waals surface area contributed by atoms with Crippen molar-refractivity contribution in [2.75, 3.05) is 7.05 Å². The van der Waals surface area contributed by atoms with Gasteiger partial charge in [0.25, 0.3) is 0 Å². The topological polar surface area (TPSA) is 49.6 Å². The molecule has 4 heteroatoms. The molecule has 0 atom stereocenters. The van der Waals surface area contributed by atoms with Gasteiger partial charge in [-0.15, -0.1) is 0 Å². The summed E-state index contributed by atoms with van der Waals surface area (Å²) < 4.78 is 5.75. The highest BCUT2D eigenvalue weighted by molar-refractivity contribution is 5.81. The molecule has 0 unspecified atom stereocenters. The molecule has 1 aromatic carbocycles. The number of furan rings is 1. The van der Waals surface area contributed by atoms with Gasteiger partial charge in [-0.3, -0.25) is 4.99 Å². The second kappa shape index (κ2) is 5.34. The molecule has 2 N–H and O–H groups in total. The Morgan fingerprint density at radius 2 is 2.00 bits per heavy atom. The van der Waals surface area contributed by atoms with Gasteiger partial charge in [0.2, 0.25) is 0 Å². The molecule has 4 nitrogen and oxygen atoms in total. The number of hydrogen-bond acceptors (Lipinski definition) is 2. The summed E-state index contributed by atoms with van der Waals surface area (Å²) in [4.78, 5) is 4.20. The smallest absolute Gasteiger partial charge is 0.191 e. The van der Waals surface area contributed by atoms with Crippen LogP contribution in [0, 0.1) is 0 Å². The van der Waals surface area contributed by atoms with E-state index in [2.05, 4.69) is 36.4 Å². The Morgan fingerprint density at radius 3 is 2.63 bits per heavy atom. The van der Waals surface area contributed by atoms with Crippen LogP contribution in [0.4, 0.5) is 0 Å². The molecule has 2 rings (SSSR count). The zero-order chi connectivity index (χ0) is 13.9. The SMILES string of the molecule is CN=C(NCc1cc2ccccc2o1)NC(C)(C)C. The Labute approximate surface area is 113 Å². The number of para-hydroxylation sites is 1. The first-order valence-corrected chi connectivity index (χ1v) is 6.44. The number of benzene rings is 1. The van der Waals surface area contributed by atoms with Crippen LogP contribution in [0.5, 0.6) is 0 Å². The average molecular weight is 259 g/mol. The predicted octanol–water partition coefficient (Wildman–Crippen LogP) is 2.90. The lowest BCUT2D eigenvalue weighted by atomic mass is 10.1. The minimum Gasteiger partial charge on any atom is -0.459 e. The first-order valence-electron chi connectivity index (χ1n) is 6.44. The van der Waals surface area contributed by atoms with E-state index in [4.69, 9.17) is 4.42 Å². The lowest BCUT2D eigenvalue weighted by molar-refractivity contribution is 0.493. The molecular formula is C15H21N3O. The van der Waals surface area contributed by atoms with Crippen molar-refractivity contribution in [3.05, 3.63) is 36.1 Å². The molecule has 0 saturated heterocycles. The number of guanidine groups is 1. The van der Waals surface area contributed by atoms with Gasteiger partial charge in [0.05, 0.1) is 6.54 Å². The summed E-state index contributed by atoms with van der Waals surface area (Å²) in [6, 6.07) is 10.1. The second-order valence-electron chi connectivity index (χ2n) is 5.55. The van der Waals surface area contributed by atoms with E-state index in [0.29, 0.717) is 6.54 Å². The maximum Gasteiger partial charge on any atom is 0.191 e. The fourth-order valence-corrected chi connectivity index (χ4v) is 1.83. The molecule has 0 aliphatic heterocycles. The third kappa shape index (κ3) is 3.74. The second-order valence-corrected chi connectivity index (χ2v) is 5.55. The van der Waals surface area contributed by atoms with Crippen molar-refractivity contribution >= 4 is 16.9 Å². The molecule has 0 amide bonds. The fourth-order valence-electron chi connectivity index (χ4n) is 1.83. The minimum atomic E-state index is -0.0181. The van der Waals surface area contributed by atoms with E-state index < -0.39 is 0 Å². The largest absolute Gasteiger partial charge is 0.459 e. The van der Waals surface area contributed by atoms with Crippen LogP contribution < -0.4 is 10.6 Å². The molecule has 0 fully saturated rings. The summed E-state index contributed by atoms with van der Waals surface area (Å²) in [5.74, 6) is 1.67. The Balaban J connectivity index is 2.01. The van der Waals surface area contributed by atoms with Crippen LogP contribution in [0.15, 0.2) is 39.7 Å². The van der Waals surface area contributed by atoms with Gasteiger partial charge in [0.15, 0.2) is 5.96 Å². The molecule has 0 aliphatic carbocycles. The van der Waals surface area contributed by atoms with Crippen molar-refractivity contribution in [2.45, 2.75) is 32.9 Å². The van der Waals surface area contributed by atoms with Crippen LogP contribution >= 0.6 is 0 Å². The van der Waals surface area contributed by atoms with Crippen molar-refractivity contribution in [1.29, 1.82) is 0 Å². The average Bonchev–Trinajstić information content (AvgIpc) is 2.75. The summed E-state index contributed by atoms with van der Waals surface area (Å²) in [6.07, 6.45) is 0. The lowest BCUT2D eigenvalue weighted by Gasteiger charge is -2.23. The monoisotopic (exact) mass is 259 g/mol. The van der Waals surface area contributed by atoms with Crippen LogP contribution in [0.3, 0.4) is 0 Å². The first kappa shape index (κ1) is 13.5. The van der Waals surface area contributed by atoms with E-state index in [1.54, 1.807) is 7.05 Å². The Hall–Kier alpha value is -1.97. The lowest BCUT2D eigenvalue weighted by Crippen LogP contribution is -2.47. The van der Waals surface area contributed by atoms with E-state index in [0.717, 1.165) is 22.7 Å². The van der Waals surface area contributed by atoms with Crippen LogP contribution in [-0.4, -0.2) is 18.5 Å². The minimum absolute atomic E-state index is 0.0181. The number of nitrogens with zero attached hydrogens (tertiary/aromatic N) is 1. The van der Waals surface area contributed by atoms with Gasteiger partial charge in [-0.2, -0.15) is 0 Å². The van der Waals surface area contributed by atoms with E-state index in [1.807, 2.05) is 30.3 Å². The molecule has 0 spiro atoms. The zero-order valence-electron chi connectivity index (χ0n) is 11.9. The summed E-state index contributed by atoms with van der Waals surface area (Å²) in [5.41, 5.74) is 0.897. The van der Waals surface area contributed by atoms with Crippen LogP contribution in [0.25, 0.3) is 11.0 Å². The van der Waals surface area contributed by atoms with Gasteiger partial charge < -0.3 is 15.1 Å². The highest BCUT2D eigenvalue weighted by atomic mass is 16.3. The van der Waals surface area contributed by atoms with Crippen molar-refractivity contribution in [2.24, 2.45) is 4.99 Å². The molecule has 0 aliphatic rings. The predicted molar refractivity (Wildman–Crippen MR) is 79.3 cm³/mol. The molecule has 1 aromatic heterocycles. The summed E-state index contributed by atoms with van der Waals surface area (Å²) in [7, 11) is 1.76. The highest BCUT2D eigenvalue weighted by Gasteiger charge is 2.12. The van der Waals surface area contributed by atoms with E-state index in [1.165, 1.54) is 0 Å². The van der Waals surface area contributed by atoms with E-state index in [-0.39, 0.29) is 5.54 Å². The molecule has 0 radical (unpaired) electrons. The van der Waals surface area contributed by atoms with Gasteiger partial charge >= 0.3 is 0 Å². The van der Waals surface area contributed by atoms with Gasteiger partial charge in [-0.1, -0.05) is 18.2 Å². The van der Waals surface area contributed by atoms with Gasteiger partial charge in [0, 0.05) is 18.0 Å². The Morgan fingerprint density at radius 1 is 1.26 bits per heavy atom. The summed E-state index contributed by atoms with van der Waals surface area (Å²) >= 11 is 0. The van der Waals surface area contributed by atoms with Crippen LogP contribution in [0.1, 0.15) is 26.5 Å². The Kier molecular flexibility index (Phi) is 3.79. The van der Waals surface area contributed by atoms with Crippen molar-refractivity contribution in [3.63, 3.8) is 0 Å². The standard InChI is InChI=1S/C15H21N3O/c1-15(2,3)18-14(16-4)17-10-12-9-11-7-5-6-8-13(11)19-12/h5-9H,10H2,1-4H3,(H2,16,17,18). The normalized spacial score (nSPS) is 12.7. The molecule has 102 valence electrons. The number of nitrogens with one attached hydrogen (secondary N) is 2. The maximum absolute atomic E-state index is 5.75. The molecule has 0 bridgehead atoms. The summed E-state index contributed by atoms with van der Waals surface area (Å²) in [6.45, 7) is 6.91.